The summed E-state index contributed by atoms with van der Waals surface area (Å²) in [6.45, 7) is 1.17. The molecule has 1 aromatic heterocycles. The molecule has 2 rings (SSSR count). The van der Waals surface area contributed by atoms with Crippen LogP contribution >= 0.6 is 11.6 Å². The molecular weight excluding hydrogens is 428 g/mol. The van der Waals surface area contributed by atoms with Crippen molar-refractivity contribution in [3.63, 3.8) is 0 Å². The van der Waals surface area contributed by atoms with E-state index in [4.69, 9.17) is 22.6 Å². The van der Waals surface area contributed by atoms with Crippen LogP contribution in [0.5, 0.6) is 0 Å². The number of nitrogens with two attached hydrogens (primary N) is 1. The van der Waals surface area contributed by atoms with E-state index in [0.29, 0.717) is 6.07 Å². The fraction of sp³-hybridized carbons (Fsp3) is 0.200. The second-order valence-electron chi connectivity index (χ2n) is 5.50. The summed E-state index contributed by atoms with van der Waals surface area (Å²) in [6.07, 6.45) is -5.56. The third kappa shape index (κ3) is 4.56. The normalized spacial score (nSPS) is 12.9. The molecule has 0 aliphatic heterocycles. The van der Waals surface area contributed by atoms with Gasteiger partial charge in [0.25, 0.3) is 5.56 Å². The van der Waals surface area contributed by atoms with Gasteiger partial charge in [-0.25, -0.2) is 23.2 Å². The molecule has 29 heavy (non-hydrogen) atoms. The highest BCUT2D eigenvalue weighted by atomic mass is 35.5. The van der Waals surface area contributed by atoms with Crippen molar-refractivity contribution in [3.8, 4) is 5.69 Å². The fourth-order valence-corrected chi connectivity index (χ4v) is 2.24. The molecule has 9 nitrogen and oxygen atoms in total. The monoisotopic (exact) mass is 438 g/mol. The number of carbonyl (C=O) groups is 1. The zero-order valence-corrected chi connectivity index (χ0v) is 15.0. The highest BCUT2D eigenvalue weighted by Crippen LogP contribution is 2.27. The number of carboxylic acids is 1. The molecular formula is C15H11ClF4N4O5. The predicted octanol–water partition coefficient (Wildman–Crippen LogP) is 1.35. The van der Waals surface area contributed by atoms with Crippen LogP contribution in [0.25, 0.3) is 5.69 Å². The SMILES string of the molecule is C[C@@H](O/N=C/c1cc(-n2c(=O)cc(C(F)(F)F)n(N)c2=O)c(F)cc1Cl)C(=O)O. The molecule has 0 bridgehead atoms. The molecule has 0 aliphatic rings. The van der Waals surface area contributed by atoms with Gasteiger partial charge in [0.2, 0.25) is 6.10 Å². The minimum atomic E-state index is -5.10. The number of rotatable bonds is 5. The number of nitrogens with zero attached hydrogens (tertiary/aromatic N) is 3. The van der Waals surface area contributed by atoms with Crippen LogP contribution in [-0.2, 0) is 15.8 Å². The first kappa shape index (κ1) is 21.9. The third-order valence-electron chi connectivity index (χ3n) is 3.49. The maximum absolute atomic E-state index is 14.3. The largest absolute Gasteiger partial charge is 0.478 e. The van der Waals surface area contributed by atoms with Gasteiger partial charge >= 0.3 is 17.8 Å². The Labute approximate surface area is 163 Å². The molecule has 0 amide bonds. The Bertz CT molecular complexity index is 1110. The van der Waals surface area contributed by atoms with Crippen LogP contribution in [-0.4, -0.2) is 32.6 Å². The molecule has 1 atom stereocenters. The van der Waals surface area contributed by atoms with E-state index in [0.717, 1.165) is 12.3 Å². The number of alkyl halides is 3. The lowest BCUT2D eigenvalue weighted by atomic mass is 10.2. The molecule has 0 saturated heterocycles. The number of aliphatic carboxylic acids is 1. The van der Waals surface area contributed by atoms with E-state index >= 15 is 0 Å². The van der Waals surface area contributed by atoms with Gasteiger partial charge < -0.3 is 15.8 Å². The van der Waals surface area contributed by atoms with Crippen molar-refractivity contribution in [3.05, 3.63) is 61.1 Å². The Balaban J connectivity index is 2.61. The zero-order valence-electron chi connectivity index (χ0n) is 14.3. The minimum absolute atomic E-state index is 0.0286. The van der Waals surface area contributed by atoms with Gasteiger partial charge in [0.05, 0.1) is 16.9 Å². The van der Waals surface area contributed by atoms with Crippen molar-refractivity contribution in [1.82, 2.24) is 9.24 Å². The Morgan fingerprint density at radius 1 is 1.34 bits per heavy atom. The van der Waals surface area contributed by atoms with Crippen LogP contribution in [0.4, 0.5) is 17.6 Å². The average molecular weight is 439 g/mol. The highest BCUT2D eigenvalue weighted by Gasteiger charge is 2.36. The van der Waals surface area contributed by atoms with E-state index < -0.39 is 46.7 Å². The van der Waals surface area contributed by atoms with Gasteiger partial charge in [-0.2, -0.15) is 13.2 Å². The van der Waals surface area contributed by atoms with Crippen LogP contribution in [0.3, 0.4) is 0 Å². The quantitative estimate of drug-likeness (QED) is 0.314. The van der Waals surface area contributed by atoms with Gasteiger partial charge in [-0.1, -0.05) is 16.8 Å². The molecule has 156 valence electrons. The topological polar surface area (TPSA) is 129 Å². The first-order valence-corrected chi connectivity index (χ1v) is 7.85. The van der Waals surface area contributed by atoms with Gasteiger partial charge in [-0.05, 0) is 19.1 Å². The average Bonchev–Trinajstić information content (AvgIpc) is 2.60. The summed E-state index contributed by atoms with van der Waals surface area (Å²) in [5.41, 5.74) is -5.77. The van der Waals surface area contributed by atoms with Crippen LogP contribution in [0.15, 0.2) is 32.9 Å². The van der Waals surface area contributed by atoms with Crippen molar-refractivity contribution in [1.29, 1.82) is 0 Å². The van der Waals surface area contributed by atoms with Crippen molar-refractivity contribution in [2.24, 2.45) is 5.16 Å². The number of carboxylic acid groups (broad SMARTS) is 1. The second kappa shape index (κ2) is 7.95. The van der Waals surface area contributed by atoms with Gasteiger partial charge in [-0.3, -0.25) is 4.79 Å². The highest BCUT2D eigenvalue weighted by molar-refractivity contribution is 6.33. The standard InChI is InChI=1S/C15H11ClF4N4O5/c1-6(13(26)27)29-22-5-7-2-10(9(17)3-8(7)16)23-12(25)4-11(15(18,19)20)24(21)14(23)28/h2-6H,21H2,1H3,(H,26,27)/b22-5+/t6-/m1/s1. The second-order valence-corrected chi connectivity index (χ2v) is 5.91. The number of halogens is 5. The van der Waals surface area contributed by atoms with Gasteiger partial charge in [0.1, 0.15) is 5.82 Å². The van der Waals surface area contributed by atoms with Crippen LogP contribution in [0.2, 0.25) is 5.02 Å². The van der Waals surface area contributed by atoms with Gasteiger partial charge in [-0.15, -0.1) is 0 Å². The molecule has 2 aromatic rings. The minimum Gasteiger partial charge on any atom is -0.478 e. The van der Waals surface area contributed by atoms with E-state index in [9.17, 15) is 31.9 Å². The molecule has 1 heterocycles. The van der Waals surface area contributed by atoms with Gasteiger partial charge in [0.15, 0.2) is 5.69 Å². The number of oxime groups is 1. The van der Waals surface area contributed by atoms with Crippen molar-refractivity contribution >= 4 is 23.8 Å². The summed E-state index contributed by atoms with van der Waals surface area (Å²) in [4.78, 5) is 39.5. The molecule has 3 N–H and O–H groups in total. The third-order valence-corrected chi connectivity index (χ3v) is 3.82. The first-order chi connectivity index (χ1) is 13.3. The fourth-order valence-electron chi connectivity index (χ4n) is 2.04. The van der Waals surface area contributed by atoms with Gasteiger partial charge in [0, 0.05) is 11.6 Å². The maximum atomic E-state index is 14.3. The first-order valence-electron chi connectivity index (χ1n) is 7.47. The number of benzene rings is 1. The lowest BCUT2D eigenvalue weighted by Gasteiger charge is -2.14. The maximum Gasteiger partial charge on any atom is 0.433 e. The van der Waals surface area contributed by atoms with Crippen LogP contribution in [0, 0.1) is 5.82 Å². The molecule has 0 spiro atoms. The molecule has 0 saturated carbocycles. The molecule has 1 aromatic carbocycles. The summed E-state index contributed by atoms with van der Waals surface area (Å²) in [6, 6.07) is 1.52. The molecule has 0 radical (unpaired) electrons. The molecule has 0 unspecified atom stereocenters. The Morgan fingerprint density at radius 2 is 1.97 bits per heavy atom. The van der Waals surface area contributed by atoms with Crippen molar-refractivity contribution in [2.45, 2.75) is 19.2 Å². The summed E-state index contributed by atoms with van der Waals surface area (Å²) < 4.78 is 52.6. The Hall–Kier alpha value is -3.35. The molecule has 0 fully saturated rings. The Kier molecular flexibility index (Phi) is 6.01. The van der Waals surface area contributed by atoms with Crippen molar-refractivity contribution in [2.75, 3.05) is 5.84 Å². The number of hydrogen-bond donors (Lipinski definition) is 2. The Morgan fingerprint density at radius 3 is 2.52 bits per heavy atom. The van der Waals surface area contributed by atoms with E-state index in [1.807, 2.05) is 0 Å². The lowest BCUT2D eigenvalue weighted by Crippen LogP contribution is -2.45. The number of aromatic nitrogens is 2. The van der Waals surface area contributed by atoms with E-state index in [2.05, 4.69) is 9.99 Å². The van der Waals surface area contributed by atoms with Crippen LogP contribution in [0.1, 0.15) is 18.2 Å². The summed E-state index contributed by atoms with van der Waals surface area (Å²) in [7, 11) is 0. The van der Waals surface area contributed by atoms with E-state index in [1.54, 1.807) is 0 Å². The predicted molar refractivity (Wildman–Crippen MR) is 92.2 cm³/mol. The summed E-state index contributed by atoms with van der Waals surface area (Å²) in [5, 5.41) is 11.8. The molecule has 14 heteroatoms. The summed E-state index contributed by atoms with van der Waals surface area (Å²) >= 11 is 5.82. The number of hydrogen-bond acceptors (Lipinski definition) is 6. The van der Waals surface area contributed by atoms with Crippen molar-refractivity contribution < 1.29 is 32.3 Å². The smallest absolute Gasteiger partial charge is 0.433 e. The van der Waals surface area contributed by atoms with E-state index in [1.165, 1.54) is 6.92 Å². The van der Waals surface area contributed by atoms with Crippen LogP contribution < -0.4 is 17.1 Å². The van der Waals surface area contributed by atoms with E-state index in [-0.39, 0.29) is 25.9 Å². The summed E-state index contributed by atoms with van der Waals surface area (Å²) in [5.74, 6) is 2.57. The lowest BCUT2D eigenvalue weighted by molar-refractivity contribution is -0.149. The number of nitrogen functional groups attached to an aromatic ring is 1. The zero-order chi connectivity index (χ0) is 22.1. The molecule has 0 aliphatic carbocycles.